The highest BCUT2D eigenvalue weighted by atomic mass is 32.2. The molecule has 0 saturated heterocycles. The number of rotatable bonds is 4. The van der Waals surface area contributed by atoms with Gasteiger partial charge in [-0.2, -0.15) is 34.8 Å². The predicted octanol–water partition coefficient (Wildman–Crippen LogP) is 5.13. The van der Waals surface area contributed by atoms with Crippen molar-refractivity contribution in [3.8, 4) is 5.75 Å². The third-order valence-corrected chi connectivity index (χ3v) is 4.40. The Balaban J connectivity index is 2.51. The Labute approximate surface area is 144 Å². The predicted molar refractivity (Wildman–Crippen MR) is 80.8 cm³/mol. The Hall–Kier alpha value is -2.49. The molecular weight excluding hydrogens is 386 g/mol. The van der Waals surface area contributed by atoms with Gasteiger partial charge in [-0.1, -0.05) is 24.8 Å². The Kier molecular flexibility index (Phi) is 5.09. The van der Waals surface area contributed by atoms with Crippen molar-refractivity contribution in [1.82, 2.24) is 0 Å². The average Bonchev–Trinajstić information content (AvgIpc) is 2.53. The topological polar surface area (TPSA) is 43.4 Å². The largest absolute Gasteiger partial charge is 0.416 e. The SMILES string of the molecule is C=Cc1ccc(OS(=O)(=O)c2cc(C(F)(F)F)cc(C(F)(F)F)c2)cc1. The van der Waals surface area contributed by atoms with Crippen molar-refractivity contribution in [3.63, 3.8) is 0 Å². The summed E-state index contributed by atoms with van der Waals surface area (Å²) < 4.78 is 106. The van der Waals surface area contributed by atoms with Crippen LogP contribution >= 0.6 is 0 Å². The van der Waals surface area contributed by atoms with Gasteiger partial charge in [0.05, 0.1) is 11.1 Å². The van der Waals surface area contributed by atoms with Crippen LogP contribution in [-0.2, 0) is 22.5 Å². The molecule has 10 heteroatoms. The molecule has 2 aromatic carbocycles. The van der Waals surface area contributed by atoms with Gasteiger partial charge in [0, 0.05) is 0 Å². The first-order valence-corrected chi connectivity index (χ1v) is 8.20. The number of alkyl halides is 6. The summed E-state index contributed by atoms with van der Waals surface area (Å²) >= 11 is 0. The maximum absolute atomic E-state index is 12.8. The zero-order chi connectivity index (χ0) is 19.8. The van der Waals surface area contributed by atoms with E-state index in [1.807, 2.05) is 0 Å². The highest BCUT2D eigenvalue weighted by Crippen LogP contribution is 2.37. The van der Waals surface area contributed by atoms with Crippen molar-refractivity contribution in [2.45, 2.75) is 17.2 Å². The molecule has 0 aliphatic rings. The average molecular weight is 396 g/mol. The van der Waals surface area contributed by atoms with Crippen LogP contribution in [0.15, 0.2) is 53.9 Å². The van der Waals surface area contributed by atoms with E-state index in [1.54, 1.807) is 0 Å². The number of benzene rings is 2. The van der Waals surface area contributed by atoms with Crippen LogP contribution in [0.5, 0.6) is 5.75 Å². The van der Waals surface area contributed by atoms with Gasteiger partial charge >= 0.3 is 22.5 Å². The van der Waals surface area contributed by atoms with Gasteiger partial charge in [-0.3, -0.25) is 0 Å². The van der Waals surface area contributed by atoms with Crippen molar-refractivity contribution >= 4 is 16.2 Å². The highest BCUT2D eigenvalue weighted by Gasteiger charge is 2.38. The number of hydrogen-bond donors (Lipinski definition) is 0. The van der Waals surface area contributed by atoms with E-state index >= 15 is 0 Å². The van der Waals surface area contributed by atoms with Crippen LogP contribution in [-0.4, -0.2) is 8.42 Å². The fourth-order valence-corrected chi connectivity index (χ4v) is 2.91. The third-order valence-electron chi connectivity index (χ3n) is 3.17. The summed E-state index contributed by atoms with van der Waals surface area (Å²) in [5.41, 5.74) is -2.90. The van der Waals surface area contributed by atoms with Gasteiger partial charge in [0.15, 0.2) is 0 Å². The number of halogens is 6. The van der Waals surface area contributed by atoms with Gasteiger partial charge in [-0.05, 0) is 35.9 Å². The van der Waals surface area contributed by atoms with Crippen LogP contribution in [0.2, 0.25) is 0 Å². The monoisotopic (exact) mass is 396 g/mol. The lowest BCUT2D eigenvalue weighted by Crippen LogP contribution is -2.16. The minimum absolute atomic E-state index is 0.0860. The zero-order valence-corrected chi connectivity index (χ0v) is 13.5. The van der Waals surface area contributed by atoms with E-state index in [4.69, 9.17) is 0 Å². The first-order valence-electron chi connectivity index (χ1n) is 6.79. The maximum Gasteiger partial charge on any atom is 0.416 e. The molecule has 0 aliphatic heterocycles. The van der Waals surface area contributed by atoms with E-state index in [9.17, 15) is 34.8 Å². The Bertz CT molecular complexity index is 880. The lowest BCUT2D eigenvalue weighted by atomic mass is 10.1. The normalized spacial score (nSPS) is 12.7. The molecule has 0 radical (unpaired) electrons. The van der Waals surface area contributed by atoms with Gasteiger partial charge in [0.1, 0.15) is 10.6 Å². The lowest BCUT2D eigenvalue weighted by molar-refractivity contribution is -0.143. The summed E-state index contributed by atoms with van der Waals surface area (Å²) in [7, 11) is -4.92. The van der Waals surface area contributed by atoms with E-state index in [0.717, 1.165) is 0 Å². The molecule has 0 aliphatic carbocycles. The second kappa shape index (κ2) is 6.67. The molecule has 0 bridgehead atoms. The van der Waals surface area contributed by atoms with E-state index in [0.29, 0.717) is 5.56 Å². The summed E-state index contributed by atoms with van der Waals surface area (Å²) in [6.07, 6.45) is -8.89. The first kappa shape index (κ1) is 19.8. The molecule has 0 spiro atoms. The van der Waals surface area contributed by atoms with Crippen molar-refractivity contribution in [2.24, 2.45) is 0 Å². The Morgan fingerprint density at radius 2 is 1.31 bits per heavy atom. The van der Waals surface area contributed by atoms with Crippen molar-refractivity contribution in [3.05, 3.63) is 65.7 Å². The standard InChI is InChI=1S/C16H10F6O3S/c1-2-10-3-5-13(6-4-10)25-26(23,24)14-8-11(15(17,18)19)7-12(9-14)16(20,21)22/h2-9H,1H2. The molecule has 26 heavy (non-hydrogen) atoms. The van der Waals surface area contributed by atoms with E-state index in [2.05, 4.69) is 10.8 Å². The second-order valence-electron chi connectivity index (χ2n) is 5.05. The first-order chi connectivity index (χ1) is 11.8. The summed E-state index contributed by atoms with van der Waals surface area (Å²) in [5, 5.41) is 0. The molecule has 0 amide bonds. The summed E-state index contributed by atoms with van der Waals surface area (Å²) in [6, 6.07) is 5.19. The van der Waals surface area contributed by atoms with E-state index < -0.39 is 38.5 Å². The molecule has 0 aromatic heterocycles. The van der Waals surface area contributed by atoms with Crippen LogP contribution in [0.4, 0.5) is 26.3 Å². The maximum atomic E-state index is 12.8. The van der Waals surface area contributed by atoms with Crippen LogP contribution in [0.1, 0.15) is 16.7 Å². The fourth-order valence-electron chi connectivity index (χ4n) is 1.90. The molecule has 2 aromatic rings. The van der Waals surface area contributed by atoms with Gasteiger partial charge < -0.3 is 4.18 Å². The minimum atomic E-state index is -5.17. The van der Waals surface area contributed by atoms with Gasteiger partial charge in [0.2, 0.25) is 0 Å². The molecule has 0 saturated carbocycles. The van der Waals surface area contributed by atoms with E-state index in [-0.39, 0.29) is 23.9 Å². The Morgan fingerprint density at radius 3 is 1.69 bits per heavy atom. The molecule has 0 fully saturated rings. The van der Waals surface area contributed by atoms with Gasteiger partial charge in [-0.15, -0.1) is 0 Å². The summed E-state index contributed by atoms with van der Waals surface area (Å²) in [6.45, 7) is 3.48. The fraction of sp³-hybridized carbons (Fsp3) is 0.125. The molecule has 3 nitrogen and oxygen atoms in total. The molecule has 0 N–H and O–H groups in total. The van der Waals surface area contributed by atoms with Crippen molar-refractivity contribution in [2.75, 3.05) is 0 Å². The third kappa shape index (κ3) is 4.57. The second-order valence-corrected chi connectivity index (χ2v) is 6.60. The molecule has 0 unspecified atom stereocenters. The highest BCUT2D eigenvalue weighted by molar-refractivity contribution is 7.87. The van der Waals surface area contributed by atoms with Gasteiger partial charge in [0.25, 0.3) is 0 Å². The quantitative estimate of drug-likeness (QED) is 0.531. The van der Waals surface area contributed by atoms with E-state index in [1.165, 1.54) is 30.3 Å². The van der Waals surface area contributed by atoms with Crippen LogP contribution in [0.3, 0.4) is 0 Å². The smallest absolute Gasteiger partial charge is 0.379 e. The molecule has 140 valence electrons. The summed E-state index contributed by atoms with van der Waals surface area (Å²) in [4.78, 5) is -1.26. The van der Waals surface area contributed by atoms with Crippen LogP contribution < -0.4 is 4.18 Å². The van der Waals surface area contributed by atoms with Gasteiger partial charge in [-0.25, -0.2) is 0 Å². The molecule has 2 rings (SSSR count). The lowest BCUT2D eigenvalue weighted by Gasteiger charge is -2.14. The number of hydrogen-bond acceptors (Lipinski definition) is 3. The minimum Gasteiger partial charge on any atom is -0.379 e. The molecular formula is C16H10F6O3S. The summed E-state index contributed by atoms with van der Waals surface area (Å²) in [5.74, 6) is -0.276. The van der Waals surface area contributed by atoms with Crippen molar-refractivity contribution < 1.29 is 38.9 Å². The van der Waals surface area contributed by atoms with Crippen molar-refractivity contribution in [1.29, 1.82) is 0 Å². The zero-order valence-electron chi connectivity index (χ0n) is 12.7. The van der Waals surface area contributed by atoms with Crippen LogP contribution in [0, 0.1) is 0 Å². The van der Waals surface area contributed by atoms with Crippen LogP contribution in [0.25, 0.3) is 6.08 Å². The molecule has 0 heterocycles. The Morgan fingerprint density at radius 1 is 0.846 bits per heavy atom. The molecule has 0 atom stereocenters.